The minimum absolute atomic E-state index is 0.0973. The van der Waals surface area contributed by atoms with Crippen molar-refractivity contribution < 1.29 is 17.9 Å². The van der Waals surface area contributed by atoms with Gasteiger partial charge in [0.2, 0.25) is 0 Å². The zero-order chi connectivity index (χ0) is 14.9. The number of sulfonamides is 1. The number of hydrogen-bond donors (Lipinski definition) is 0. The normalized spacial score (nSPS) is 21.4. The van der Waals surface area contributed by atoms with Crippen molar-refractivity contribution in [1.29, 1.82) is 0 Å². The standard InChI is InChI=1S/C13H16BrNO4S/c1-9-3-5-11(6-4-9)20(17,18)15-12(10(2)14)7-8-19-13(15)16/h3-6,10,12H,7-8H2,1-2H3/t10-,12+/m0/s1. The summed E-state index contributed by atoms with van der Waals surface area (Å²) < 4.78 is 31.0. The number of rotatable bonds is 3. The maximum atomic E-state index is 12.6. The Kier molecular flexibility index (Phi) is 4.39. The van der Waals surface area contributed by atoms with E-state index < -0.39 is 22.2 Å². The topological polar surface area (TPSA) is 63.7 Å². The number of carbonyl (C=O) groups is 1. The number of ether oxygens (including phenoxy) is 1. The maximum absolute atomic E-state index is 12.6. The first-order chi connectivity index (χ1) is 9.34. The van der Waals surface area contributed by atoms with Crippen molar-refractivity contribution in [2.75, 3.05) is 6.61 Å². The van der Waals surface area contributed by atoms with Gasteiger partial charge in [-0.2, -0.15) is 4.31 Å². The first-order valence-electron chi connectivity index (χ1n) is 6.26. The van der Waals surface area contributed by atoms with Crippen LogP contribution in [0.25, 0.3) is 0 Å². The molecule has 1 aromatic rings. The Morgan fingerprint density at radius 1 is 1.35 bits per heavy atom. The number of carbonyl (C=O) groups excluding carboxylic acids is 1. The Bertz CT molecular complexity index is 597. The Balaban J connectivity index is 2.44. The number of aryl methyl sites for hydroxylation is 1. The molecule has 0 saturated carbocycles. The van der Waals surface area contributed by atoms with E-state index in [1.165, 1.54) is 12.1 Å². The molecule has 1 aliphatic heterocycles. The van der Waals surface area contributed by atoms with E-state index in [0.29, 0.717) is 6.42 Å². The van der Waals surface area contributed by atoms with Gasteiger partial charge in [0.25, 0.3) is 10.0 Å². The molecule has 0 bridgehead atoms. The molecule has 20 heavy (non-hydrogen) atoms. The van der Waals surface area contributed by atoms with Crippen LogP contribution in [0.4, 0.5) is 4.79 Å². The molecule has 0 aliphatic carbocycles. The molecule has 0 aromatic heterocycles. The molecule has 1 fully saturated rings. The molecular weight excluding hydrogens is 346 g/mol. The Labute approximate surface area is 127 Å². The lowest BCUT2D eigenvalue weighted by molar-refractivity contribution is 0.0797. The molecule has 1 saturated heterocycles. The third-order valence-corrected chi connectivity index (χ3v) is 5.64. The van der Waals surface area contributed by atoms with Crippen LogP contribution >= 0.6 is 15.9 Å². The van der Waals surface area contributed by atoms with Gasteiger partial charge in [-0.1, -0.05) is 40.5 Å². The van der Waals surface area contributed by atoms with E-state index in [4.69, 9.17) is 4.74 Å². The van der Waals surface area contributed by atoms with Gasteiger partial charge in [0, 0.05) is 11.2 Å². The molecule has 7 heteroatoms. The first-order valence-corrected chi connectivity index (χ1v) is 8.61. The summed E-state index contributed by atoms with van der Waals surface area (Å²) >= 11 is 3.37. The molecule has 0 radical (unpaired) electrons. The van der Waals surface area contributed by atoms with Crippen molar-refractivity contribution >= 4 is 32.0 Å². The third kappa shape index (κ3) is 2.83. The van der Waals surface area contributed by atoms with Gasteiger partial charge in [-0.25, -0.2) is 13.2 Å². The van der Waals surface area contributed by atoms with Crippen LogP contribution in [-0.4, -0.2) is 36.3 Å². The summed E-state index contributed by atoms with van der Waals surface area (Å²) in [6, 6.07) is 5.97. The average Bonchev–Trinajstić information content (AvgIpc) is 2.38. The molecule has 1 amide bonds. The van der Waals surface area contributed by atoms with E-state index in [1.54, 1.807) is 12.1 Å². The summed E-state index contributed by atoms with van der Waals surface area (Å²) in [6.07, 6.45) is -0.336. The lowest BCUT2D eigenvalue weighted by atomic mass is 10.1. The highest BCUT2D eigenvalue weighted by Gasteiger charge is 2.41. The molecule has 1 aliphatic rings. The number of nitrogens with zero attached hydrogens (tertiary/aromatic N) is 1. The van der Waals surface area contributed by atoms with Gasteiger partial charge in [-0.15, -0.1) is 0 Å². The maximum Gasteiger partial charge on any atom is 0.424 e. The average molecular weight is 362 g/mol. The Morgan fingerprint density at radius 2 is 1.95 bits per heavy atom. The van der Waals surface area contributed by atoms with Gasteiger partial charge >= 0.3 is 6.09 Å². The smallest absolute Gasteiger partial charge is 0.424 e. The second-order valence-electron chi connectivity index (χ2n) is 4.76. The summed E-state index contributed by atoms with van der Waals surface area (Å²) in [5, 5.41) is 0. The van der Waals surface area contributed by atoms with Crippen molar-refractivity contribution in [3.63, 3.8) is 0 Å². The largest absolute Gasteiger partial charge is 0.449 e. The molecular formula is C13H16BrNO4S. The molecule has 0 unspecified atom stereocenters. The van der Waals surface area contributed by atoms with Crippen molar-refractivity contribution in [3.8, 4) is 0 Å². The van der Waals surface area contributed by atoms with Gasteiger partial charge < -0.3 is 4.74 Å². The summed E-state index contributed by atoms with van der Waals surface area (Å²) in [6.45, 7) is 3.93. The third-order valence-electron chi connectivity index (χ3n) is 3.23. The summed E-state index contributed by atoms with van der Waals surface area (Å²) in [4.78, 5) is 11.9. The van der Waals surface area contributed by atoms with Crippen LogP contribution < -0.4 is 0 Å². The zero-order valence-corrected chi connectivity index (χ0v) is 13.6. The highest BCUT2D eigenvalue weighted by atomic mass is 79.9. The van der Waals surface area contributed by atoms with E-state index >= 15 is 0 Å². The van der Waals surface area contributed by atoms with Crippen LogP contribution in [0.1, 0.15) is 18.9 Å². The first kappa shape index (κ1) is 15.3. The predicted molar refractivity (Wildman–Crippen MR) is 78.3 cm³/mol. The highest BCUT2D eigenvalue weighted by Crippen LogP contribution is 2.28. The van der Waals surface area contributed by atoms with Crippen LogP contribution in [0.2, 0.25) is 0 Å². The number of alkyl halides is 1. The van der Waals surface area contributed by atoms with E-state index in [9.17, 15) is 13.2 Å². The SMILES string of the molecule is Cc1ccc(S(=O)(=O)N2C(=O)OCC[C@@H]2[C@H](C)Br)cc1. The minimum Gasteiger partial charge on any atom is -0.449 e. The zero-order valence-electron chi connectivity index (χ0n) is 11.2. The van der Waals surface area contributed by atoms with Crippen molar-refractivity contribution in [2.24, 2.45) is 0 Å². The van der Waals surface area contributed by atoms with E-state index in [1.807, 2.05) is 13.8 Å². The summed E-state index contributed by atoms with van der Waals surface area (Å²) in [5.41, 5.74) is 0.954. The summed E-state index contributed by atoms with van der Waals surface area (Å²) in [7, 11) is -3.89. The number of benzene rings is 1. The van der Waals surface area contributed by atoms with Crippen molar-refractivity contribution in [1.82, 2.24) is 4.31 Å². The quantitative estimate of drug-likeness (QED) is 0.776. The van der Waals surface area contributed by atoms with Crippen molar-refractivity contribution in [3.05, 3.63) is 29.8 Å². The second kappa shape index (κ2) is 5.73. The fourth-order valence-electron chi connectivity index (χ4n) is 2.10. The van der Waals surface area contributed by atoms with Crippen molar-refractivity contribution in [2.45, 2.75) is 36.0 Å². The Hall–Kier alpha value is -1.08. The summed E-state index contributed by atoms with van der Waals surface area (Å²) in [5.74, 6) is 0. The molecule has 5 nitrogen and oxygen atoms in total. The lowest BCUT2D eigenvalue weighted by Crippen LogP contribution is -2.51. The van der Waals surface area contributed by atoms with E-state index in [2.05, 4.69) is 15.9 Å². The number of cyclic esters (lactones) is 1. The lowest BCUT2D eigenvalue weighted by Gasteiger charge is -2.35. The van der Waals surface area contributed by atoms with Crippen LogP contribution in [0.5, 0.6) is 0 Å². The molecule has 0 N–H and O–H groups in total. The van der Waals surface area contributed by atoms with Crippen LogP contribution in [0.15, 0.2) is 29.2 Å². The number of halogens is 1. The fourth-order valence-corrected chi connectivity index (χ4v) is 4.36. The van der Waals surface area contributed by atoms with E-state index in [-0.39, 0.29) is 16.3 Å². The monoisotopic (exact) mass is 361 g/mol. The predicted octanol–water partition coefficient (Wildman–Crippen LogP) is 2.68. The van der Waals surface area contributed by atoms with E-state index in [0.717, 1.165) is 9.87 Å². The van der Waals surface area contributed by atoms with Crippen LogP contribution in [-0.2, 0) is 14.8 Å². The molecule has 110 valence electrons. The van der Waals surface area contributed by atoms with Crippen LogP contribution in [0, 0.1) is 6.92 Å². The molecule has 0 spiro atoms. The molecule has 1 aromatic carbocycles. The van der Waals surface area contributed by atoms with Gasteiger partial charge in [-0.05, 0) is 19.1 Å². The number of amides is 1. The Morgan fingerprint density at radius 3 is 2.50 bits per heavy atom. The minimum atomic E-state index is -3.89. The number of hydrogen-bond acceptors (Lipinski definition) is 4. The second-order valence-corrected chi connectivity index (χ2v) is 8.02. The van der Waals surface area contributed by atoms with Crippen LogP contribution in [0.3, 0.4) is 0 Å². The van der Waals surface area contributed by atoms with Gasteiger partial charge in [0.15, 0.2) is 0 Å². The van der Waals surface area contributed by atoms with Gasteiger partial charge in [0.05, 0.1) is 17.5 Å². The molecule has 2 atom stereocenters. The fraction of sp³-hybridized carbons (Fsp3) is 0.462. The highest BCUT2D eigenvalue weighted by molar-refractivity contribution is 9.09. The van der Waals surface area contributed by atoms with Gasteiger partial charge in [0.1, 0.15) is 0 Å². The molecule has 1 heterocycles. The molecule has 2 rings (SSSR count). The van der Waals surface area contributed by atoms with Gasteiger partial charge in [-0.3, -0.25) is 0 Å².